The van der Waals surface area contributed by atoms with Gasteiger partial charge in [-0.05, 0) is 148 Å². The molecule has 0 aliphatic carbocycles. The van der Waals surface area contributed by atoms with Crippen LogP contribution in [-0.4, -0.2) is 77.4 Å². The maximum atomic E-state index is 12.4. The van der Waals surface area contributed by atoms with Gasteiger partial charge in [-0.1, -0.05) is 72.8 Å². The Morgan fingerprint density at radius 2 is 0.800 bits per heavy atom. The molecule has 6 atom stereocenters. The van der Waals surface area contributed by atoms with Crippen LogP contribution in [0.1, 0.15) is 71.9 Å². The Bertz CT molecular complexity index is 1520. The van der Waals surface area contributed by atoms with E-state index in [-0.39, 0.29) is 17.8 Å². The van der Waals surface area contributed by atoms with E-state index in [4.69, 9.17) is 0 Å². The lowest BCUT2D eigenvalue weighted by Crippen LogP contribution is -2.38. The van der Waals surface area contributed by atoms with Crippen LogP contribution in [-0.2, 0) is 53.3 Å². The second kappa shape index (κ2) is 20.2. The molecule has 0 aromatic heterocycles. The van der Waals surface area contributed by atoms with Crippen molar-refractivity contribution in [2.45, 2.75) is 77.4 Å². The van der Waals surface area contributed by atoms with Gasteiger partial charge in [0.05, 0.1) is 17.8 Å². The van der Waals surface area contributed by atoms with Crippen LogP contribution < -0.4 is 16.0 Å². The molecule has 6 N–H and O–H groups in total. The third-order valence-corrected chi connectivity index (χ3v) is 12.2. The summed E-state index contributed by atoms with van der Waals surface area (Å²) in [7, 11) is 0. The topological polar surface area (TPSA) is 151 Å². The predicted molar refractivity (Wildman–Crippen MR) is 214 cm³/mol. The van der Waals surface area contributed by atoms with E-state index >= 15 is 0 Å². The Kier molecular flexibility index (Phi) is 14.9. The van der Waals surface area contributed by atoms with Crippen molar-refractivity contribution in [1.82, 2.24) is 20.9 Å². The SMILES string of the molecule is O=C(O)C(Cc1cccc(CN(Cc2cccc(CC(C(=O)O)C3CCCNC3)c2)Cc2cccc(CC(C(=O)O)C3CCCNC3)c2)c1)C1CCCNC1. The summed E-state index contributed by atoms with van der Waals surface area (Å²) in [6, 6.07) is 25.0. The van der Waals surface area contributed by atoms with Crippen LogP contribution in [0.25, 0.3) is 0 Å². The number of carbonyl (C=O) groups is 3. The molecule has 6 unspecified atom stereocenters. The standard InChI is InChI=1S/C45H60N4O6/c50-43(51)40(37-13-4-16-46-25-37)22-31-7-1-10-34(19-31)28-49(29-35-11-2-8-32(20-35)23-41(44(52)53)38-14-5-17-47-26-38)30-36-12-3-9-33(21-36)24-42(45(54)55)39-15-6-18-48-27-39/h1-3,7-12,19-21,37-42,46-48H,4-6,13-18,22-30H2,(H,50,51)(H,52,53)(H,54,55). The summed E-state index contributed by atoms with van der Waals surface area (Å²) < 4.78 is 0. The number of hydrogen-bond donors (Lipinski definition) is 6. The van der Waals surface area contributed by atoms with E-state index in [1.807, 2.05) is 36.4 Å². The second-order valence-corrected chi connectivity index (χ2v) is 16.4. The summed E-state index contributed by atoms with van der Waals surface area (Å²) >= 11 is 0. The number of aliphatic carboxylic acids is 3. The lowest BCUT2D eigenvalue weighted by Gasteiger charge is -2.29. The predicted octanol–water partition coefficient (Wildman–Crippen LogP) is 5.62. The molecule has 296 valence electrons. The molecule has 3 heterocycles. The molecule has 0 saturated carbocycles. The summed E-state index contributed by atoms with van der Waals surface area (Å²) in [6.07, 6.45) is 7.22. The number of carboxylic acid groups (broad SMARTS) is 3. The van der Waals surface area contributed by atoms with Crippen LogP contribution in [0.15, 0.2) is 72.8 Å². The van der Waals surface area contributed by atoms with Crippen LogP contribution in [0.4, 0.5) is 0 Å². The quantitative estimate of drug-likeness (QED) is 0.0967. The van der Waals surface area contributed by atoms with Crippen LogP contribution >= 0.6 is 0 Å². The van der Waals surface area contributed by atoms with Crippen LogP contribution in [0.2, 0.25) is 0 Å². The molecule has 55 heavy (non-hydrogen) atoms. The first kappa shape index (κ1) is 40.6. The van der Waals surface area contributed by atoms with Gasteiger partial charge in [0.2, 0.25) is 0 Å². The maximum absolute atomic E-state index is 12.4. The maximum Gasteiger partial charge on any atom is 0.307 e. The zero-order chi connectivity index (χ0) is 38.6. The fourth-order valence-electron chi connectivity index (χ4n) is 9.30. The zero-order valence-corrected chi connectivity index (χ0v) is 32.1. The molecule has 6 rings (SSSR count). The molecule has 0 radical (unpaired) electrons. The molecule has 3 saturated heterocycles. The van der Waals surface area contributed by atoms with Crippen molar-refractivity contribution in [1.29, 1.82) is 0 Å². The fourth-order valence-corrected chi connectivity index (χ4v) is 9.30. The third-order valence-electron chi connectivity index (χ3n) is 12.2. The summed E-state index contributed by atoms with van der Waals surface area (Å²) in [5.74, 6) is -3.22. The van der Waals surface area contributed by atoms with Gasteiger partial charge in [0.15, 0.2) is 0 Å². The molecule has 10 heteroatoms. The van der Waals surface area contributed by atoms with Crippen LogP contribution in [0, 0.1) is 35.5 Å². The van der Waals surface area contributed by atoms with Gasteiger partial charge in [-0.15, -0.1) is 0 Å². The Labute approximate surface area is 326 Å². The molecule has 3 aromatic carbocycles. The second-order valence-electron chi connectivity index (χ2n) is 16.4. The van der Waals surface area contributed by atoms with Crippen molar-refractivity contribution in [2.24, 2.45) is 35.5 Å². The monoisotopic (exact) mass is 752 g/mol. The minimum Gasteiger partial charge on any atom is -0.481 e. The number of carboxylic acids is 3. The first-order chi connectivity index (χ1) is 26.7. The largest absolute Gasteiger partial charge is 0.481 e. The van der Waals surface area contributed by atoms with Crippen molar-refractivity contribution in [3.63, 3.8) is 0 Å². The number of rotatable bonds is 18. The van der Waals surface area contributed by atoms with E-state index in [2.05, 4.69) is 57.2 Å². The van der Waals surface area contributed by atoms with Crippen LogP contribution in [0.3, 0.4) is 0 Å². The number of piperidine rings is 3. The van der Waals surface area contributed by atoms with Crippen molar-refractivity contribution in [3.05, 3.63) is 106 Å². The lowest BCUT2D eigenvalue weighted by molar-refractivity contribution is -0.144. The van der Waals surface area contributed by atoms with E-state index in [1.54, 1.807) is 0 Å². The van der Waals surface area contributed by atoms with E-state index in [0.29, 0.717) is 38.9 Å². The van der Waals surface area contributed by atoms with Gasteiger partial charge < -0.3 is 31.3 Å². The first-order valence-corrected chi connectivity index (χ1v) is 20.5. The molecule has 3 aliphatic rings. The zero-order valence-electron chi connectivity index (χ0n) is 32.1. The number of nitrogens with one attached hydrogen (secondary N) is 3. The van der Waals surface area contributed by atoms with Gasteiger partial charge in [0, 0.05) is 19.6 Å². The average Bonchev–Trinajstić information content (AvgIpc) is 3.19. The van der Waals surface area contributed by atoms with Gasteiger partial charge in [0.25, 0.3) is 0 Å². The smallest absolute Gasteiger partial charge is 0.307 e. The van der Waals surface area contributed by atoms with Crippen LogP contribution in [0.5, 0.6) is 0 Å². The third kappa shape index (κ3) is 12.0. The van der Waals surface area contributed by atoms with Gasteiger partial charge >= 0.3 is 17.9 Å². The van der Waals surface area contributed by atoms with Crippen molar-refractivity contribution in [2.75, 3.05) is 39.3 Å². The number of nitrogens with zero attached hydrogens (tertiary/aromatic N) is 1. The highest BCUT2D eigenvalue weighted by Gasteiger charge is 2.32. The van der Waals surface area contributed by atoms with E-state index in [0.717, 1.165) is 111 Å². The minimum absolute atomic E-state index is 0.108. The average molecular weight is 753 g/mol. The Morgan fingerprint density at radius 3 is 1.05 bits per heavy atom. The highest BCUT2D eigenvalue weighted by molar-refractivity contribution is 5.72. The molecule has 10 nitrogen and oxygen atoms in total. The van der Waals surface area contributed by atoms with Crippen molar-refractivity contribution in [3.8, 4) is 0 Å². The molecular weight excluding hydrogens is 693 g/mol. The van der Waals surface area contributed by atoms with E-state index in [1.165, 1.54) is 0 Å². The summed E-state index contributed by atoms with van der Waals surface area (Å²) in [5.41, 5.74) is 6.36. The summed E-state index contributed by atoms with van der Waals surface area (Å²) in [4.78, 5) is 39.6. The van der Waals surface area contributed by atoms with Crippen molar-refractivity contribution >= 4 is 17.9 Å². The summed E-state index contributed by atoms with van der Waals surface area (Å²) in [5, 5.41) is 40.7. The molecule has 0 bridgehead atoms. The normalized spacial score (nSPS) is 22.1. The highest BCUT2D eigenvalue weighted by Crippen LogP contribution is 2.28. The number of hydrogen-bond acceptors (Lipinski definition) is 7. The molecule has 3 fully saturated rings. The van der Waals surface area contributed by atoms with Gasteiger partial charge in [-0.3, -0.25) is 19.3 Å². The highest BCUT2D eigenvalue weighted by atomic mass is 16.4. The number of benzene rings is 3. The summed E-state index contributed by atoms with van der Waals surface area (Å²) in [6.45, 7) is 6.91. The first-order valence-electron chi connectivity index (χ1n) is 20.5. The molecular formula is C45H60N4O6. The van der Waals surface area contributed by atoms with Gasteiger partial charge in [0.1, 0.15) is 0 Å². The van der Waals surface area contributed by atoms with Gasteiger partial charge in [-0.2, -0.15) is 0 Å². The van der Waals surface area contributed by atoms with E-state index < -0.39 is 35.7 Å². The molecule has 3 aromatic rings. The van der Waals surface area contributed by atoms with Crippen molar-refractivity contribution < 1.29 is 29.7 Å². The van der Waals surface area contributed by atoms with E-state index in [9.17, 15) is 29.7 Å². The van der Waals surface area contributed by atoms with Gasteiger partial charge in [-0.25, -0.2) is 0 Å². The molecule has 3 aliphatic heterocycles. The Morgan fingerprint density at radius 1 is 0.509 bits per heavy atom. The molecule has 0 amide bonds. The molecule has 0 spiro atoms. The lowest BCUT2D eigenvalue weighted by atomic mass is 9.82. The minimum atomic E-state index is -0.740. The Balaban J connectivity index is 1.22. The Hall–Kier alpha value is -4.09. The fraction of sp³-hybridized carbons (Fsp3) is 0.533.